The minimum absolute atomic E-state index is 0.263. The zero-order valence-corrected chi connectivity index (χ0v) is 14.2. The molecule has 0 radical (unpaired) electrons. The standard InChI is InChI=1S/C18H29NO3/c1-5-21-18-7-6-13(2)10-16(18)17(20)8-9-19-11-14(3)22-15(4)12-19/h6-7,10,14-15,17,20H,5,8-9,11-12H2,1-4H3. The van der Waals surface area contributed by atoms with Crippen LogP contribution in [0.15, 0.2) is 18.2 Å². The highest BCUT2D eigenvalue weighted by atomic mass is 16.5. The van der Waals surface area contributed by atoms with Gasteiger partial charge in [0.15, 0.2) is 0 Å². The van der Waals surface area contributed by atoms with E-state index < -0.39 is 6.10 Å². The third kappa shape index (κ3) is 4.70. The minimum Gasteiger partial charge on any atom is -0.493 e. The Bertz CT molecular complexity index is 467. The first-order chi connectivity index (χ1) is 10.5. The van der Waals surface area contributed by atoms with E-state index >= 15 is 0 Å². The zero-order chi connectivity index (χ0) is 16.1. The van der Waals surface area contributed by atoms with Crippen LogP contribution in [0.5, 0.6) is 5.75 Å². The van der Waals surface area contributed by atoms with E-state index in [1.807, 2.05) is 32.0 Å². The predicted molar refractivity (Wildman–Crippen MR) is 88.4 cm³/mol. The highest BCUT2D eigenvalue weighted by Gasteiger charge is 2.23. The summed E-state index contributed by atoms with van der Waals surface area (Å²) in [5, 5.41) is 10.6. The summed E-state index contributed by atoms with van der Waals surface area (Å²) in [6.07, 6.45) is 0.746. The van der Waals surface area contributed by atoms with Crippen molar-refractivity contribution in [3.63, 3.8) is 0 Å². The molecule has 1 aliphatic heterocycles. The Balaban J connectivity index is 1.97. The molecule has 1 heterocycles. The molecule has 0 aromatic heterocycles. The van der Waals surface area contributed by atoms with E-state index in [0.29, 0.717) is 13.0 Å². The molecule has 0 amide bonds. The van der Waals surface area contributed by atoms with Crippen LogP contribution >= 0.6 is 0 Å². The van der Waals surface area contributed by atoms with Crippen molar-refractivity contribution in [2.24, 2.45) is 0 Å². The molecule has 2 rings (SSSR count). The minimum atomic E-state index is -0.491. The Labute approximate surface area is 134 Å². The van der Waals surface area contributed by atoms with Crippen LogP contribution in [0.2, 0.25) is 0 Å². The van der Waals surface area contributed by atoms with E-state index in [1.165, 1.54) is 0 Å². The van der Waals surface area contributed by atoms with Crippen LogP contribution in [-0.2, 0) is 4.74 Å². The van der Waals surface area contributed by atoms with Gasteiger partial charge in [-0.1, -0.05) is 11.6 Å². The third-order valence-electron chi connectivity index (χ3n) is 4.04. The SMILES string of the molecule is CCOc1ccc(C)cc1C(O)CCN1CC(C)OC(C)C1. The van der Waals surface area contributed by atoms with Crippen molar-refractivity contribution < 1.29 is 14.6 Å². The summed E-state index contributed by atoms with van der Waals surface area (Å²) in [5.74, 6) is 0.796. The number of rotatable bonds is 6. The van der Waals surface area contributed by atoms with E-state index in [2.05, 4.69) is 18.7 Å². The van der Waals surface area contributed by atoms with Crippen LogP contribution in [0.1, 0.15) is 44.4 Å². The topological polar surface area (TPSA) is 41.9 Å². The first kappa shape index (κ1) is 17.3. The first-order valence-corrected chi connectivity index (χ1v) is 8.28. The van der Waals surface area contributed by atoms with Gasteiger partial charge in [0.2, 0.25) is 0 Å². The maximum Gasteiger partial charge on any atom is 0.125 e. The van der Waals surface area contributed by atoms with Crippen LogP contribution in [0.3, 0.4) is 0 Å². The summed E-state index contributed by atoms with van der Waals surface area (Å²) in [5.41, 5.74) is 2.04. The van der Waals surface area contributed by atoms with Crippen molar-refractivity contribution in [2.45, 2.75) is 52.4 Å². The predicted octanol–water partition coefficient (Wildman–Crippen LogP) is 2.93. The summed E-state index contributed by atoms with van der Waals surface area (Å²) in [7, 11) is 0. The molecule has 3 unspecified atom stereocenters. The number of hydrogen-bond acceptors (Lipinski definition) is 4. The Kier molecular flexibility index (Phi) is 6.24. The van der Waals surface area contributed by atoms with Crippen LogP contribution in [0.4, 0.5) is 0 Å². The highest BCUT2D eigenvalue weighted by Crippen LogP contribution is 2.29. The summed E-state index contributed by atoms with van der Waals surface area (Å²) >= 11 is 0. The monoisotopic (exact) mass is 307 g/mol. The molecule has 1 fully saturated rings. The van der Waals surface area contributed by atoms with E-state index in [-0.39, 0.29) is 12.2 Å². The second-order valence-corrected chi connectivity index (χ2v) is 6.30. The summed E-state index contributed by atoms with van der Waals surface area (Å²) in [6, 6.07) is 6.00. The molecule has 0 bridgehead atoms. The van der Waals surface area contributed by atoms with Crippen LogP contribution < -0.4 is 4.74 Å². The molecule has 4 nitrogen and oxygen atoms in total. The fraction of sp³-hybridized carbons (Fsp3) is 0.667. The maximum atomic E-state index is 10.6. The normalized spacial score (nSPS) is 24.2. The molecule has 1 aromatic rings. The molecule has 22 heavy (non-hydrogen) atoms. The maximum absolute atomic E-state index is 10.6. The Morgan fingerprint density at radius 1 is 1.32 bits per heavy atom. The lowest BCUT2D eigenvalue weighted by atomic mass is 10.0. The van der Waals surface area contributed by atoms with Gasteiger partial charge < -0.3 is 14.6 Å². The van der Waals surface area contributed by atoms with E-state index in [4.69, 9.17) is 9.47 Å². The number of ether oxygens (including phenoxy) is 2. The third-order valence-corrected chi connectivity index (χ3v) is 4.04. The fourth-order valence-electron chi connectivity index (χ4n) is 3.14. The Morgan fingerprint density at radius 2 is 2.00 bits per heavy atom. The van der Waals surface area contributed by atoms with Crippen molar-refractivity contribution in [1.82, 2.24) is 4.90 Å². The van der Waals surface area contributed by atoms with Gasteiger partial charge in [0.05, 0.1) is 24.9 Å². The first-order valence-electron chi connectivity index (χ1n) is 8.28. The van der Waals surface area contributed by atoms with Gasteiger partial charge in [-0.3, -0.25) is 4.90 Å². The number of aryl methyl sites for hydroxylation is 1. The molecule has 124 valence electrons. The molecule has 4 heteroatoms. The van der Waals surface area contributed by atoms with Gasteiger partial charge in [-0.25, -0.2) is 0 Å². The van der Waals surface area contributed by atoms with E-state index in [0.717, 1.165) is 36.5 Å². The molecule has 0 aliphatic carbocycles. The molecular formula is C18H29NO3. The fourth-order valence-corrected chi connectivity index (χ4v) is 3.14. The average molecular weight is 307 g/mol. The van der Waals surface area contributed by atoms with Gasteiger partial charge in [0, 0.05) is 25.2 Å². The Hall–Kier alpha value is -1.10. The molecular weight excluding hydrogens is 278 g/mol. The number of aliphatic hydroxyl groups excluding tert-OH is 1. The molecule has 1 aliphatic rings. The van der Waals surface area contributed by atoms with Crippen molar-refractivity contribution in [3.05, 3.63) is 29.3 Å². The molecule has 3 atom stereocenters. The van der Waals surface area contributed by atoms with Gasteiger partial charge >= 0.3 is 0 Å². The van der Waals surface area contributed by atoms with Gasteiger partial charge in [0.1, 0.15) is 5.75 Å². The largest absolute Gasteiger partial charge is 0.493 e. The number of nitrogens with zero attached hydrogens (tertiary/aromatic N) is 1. The number of hydrogen-bond donors (Lipinski definition) is 1. The van der Waals surface area contributed by atoms with Crippen molar-refractivity contribution in [1.29, 1.82) is 0 Å². The van der Waals surface area contributed by atoms with E-state index in [1.54, 1.807) is 0 Å². The summed E-state index contributed by atoms with van der Waals surface area (Å²) < 4.78 is 11.4. The van der Waals surface area contributed by atoms with Crippen molar-refractivity contribution >= 4 is 0 Å². The second-order valence-electron chi connectivity index (χ2n) is 6.30. The lowest BCUT2D eigenvalue weighted by Crippen LogP contribution is -2.45. The zero-order valence-electron chi connectivity index (χ0n) is 14.2. The van der Waals surface area contributed by atoms with Crippen molar-refractivity contribution in [3.8, 4) is 5.75 Å². The number of aliphatic hydroxyl groups is 1. The second kappa shape index (κ2) is 7.95. The molecule has 1 N–H and O–H groups in total. The molecule has 1 aromatic carbocycles. The summed E-state index contributed by atoms with van der Waals surface area (Å²) in [6.45, 7) is 11.6. The van der Waals surface area contributed by atoms with Gasteiger partial charge in [-0.2, -0.15) is 0 Å². The van der Waals surface area contributed by atoms with Crippen LogP contribution in [0.25, 0.3) is 0 Å². The van der Waals surface area contributed by atoms with Gasteiger partial charge in [-0.15, -0.1) is 0 Å². The van der Waals surface area contributed by atoms with Gasteiger partial charge in [-0.05, 0) is 46.2 Å². The summed E-state index contributed by atoms with van der Waals surface area (Å²) in [4.78, 5) is 2.37. The molecule has 0 spiro atoms. The number of benzene rings is 1. The van der Waals surface area contributed by atoms with Crippen LogP contribution in [0, 0.1) is 6.92 Å². The quantitative estimate of drug-likeness (QED) is 0.877. The van der Waals surface area contributed by atoms with Crippen LogP contribution in [-0.4, -0.2) is 48.5 Å². The Morgan fingerprint density at radius 3 is 2.64 bits per heavy atom. The molecule has 0 saturated carbocycles. The van der Waals surface area contributed by atoms with Gasteiger partial charge in [0.25, 0.3) is 0 Å². The average Bonchev–Trinajstić information content (AvgIpc) is 2.46. The van der Waals surface area contributed by atoms with E-state index in [9.17, 15) is 5.11 Å². The highest BCUT2D eigenvalue weighted by molar-refractivity contribution is 5.38. The van der Waals surface area contributed by atoms with Crippen molar-refractivity contribution in [2.75, 3.05) is 26.2 Å². The lowest BCUT2D eigenvalue weighted by molar-refractivity contribution is -0.0703. The number of morpholine rings is 1. The lowest BCUT2D eigenvalue weighted by Gasteiger charge is -2.35. The smallest absolute Gasteiger partial charge is 0.125 e. The molecule has 1 saturated heterocycles.